The quantitative estimate of drug-likeness (QED) is 0.740. The molecule has 0 radical (unpaired) electrons. The summed E-state index contributed by atoms with van der Waals surface area (Å²) in [6.45, 7) is 2.25. The SMILES string of the molecule is Cc1cccnc1CNC(=O)c1cnc(-n2cccn2)nc1N. The molecule has 0 saturated heterocycles. The number of hydrogen-bond acceptors (Lipinski definition) is 6. The van der Waals surface area contributed by atoms with Gasteiger partial charge in [-0.15, -0.1) is 0 Å². The van der Waals surface area contributed by atoms with Crippen molar-refractivity contribution in [3.63, 3.8) is 0 Å². The maximum atomic E-state index is 12.2. The summed E-state index contributed by atoms with van der Waals surface area (Å²) in [5.74, 6) is 0.0601. The molecule has 3 heterocycles. The van der Waals surface area contributed by atoms with Gasteiger partial charge in [-0.1, -0.05) is 6.07 Å². The minimum atomic E-state index is -0.348. The van der Waals surface area contributed by atoms with Gasteiger partial charge in [0.2, 0.25) is 0 Å². The second-order valence-corrected chi connectivity index (χ2v) is 4.87. The molecular weight excluding hydrogens is 294 g/mol. The van der Waals surface area contributed by atoms with E-state index in [1.807, 2.05) is 19.1 Å². The molecular formula is C15H15N7O. The van der Waals surface area contributed by atoms with Gasteiger partial charge in [0.15, 0.2) is 0 Å². The fourth-order valence-electron chi connectivity index (χ4n) is 2.02. The highest BCUT2D eigenvalue weighted by Crippen LogP contribution is 2.10. The fourth-order valence-corrected chi connectivity index (χ4v) is 2.02. The molecule has 1 amide bonds. The third kappa shape index (κ3) is 3.15. The Morgan fingerprint density at radius 3 is 2.87 bits per heavy atom. The number of carbonyl (C=O) groups is 1. The van der Waals surface area contributed by atoms with Crippen LogP contribution in [0, 0.1) is 6.92 Å². The van der Waals surface area contributed by atoms with Crippen molar-refractivity contribution in [2.45, 2.75) is 13.5 Å². The molecule has 0 aromatic carbocycles. The minimum absolute atomic E-state index is 0.0979. The zero-order chi connectivity index (χ0) is 16.2. The largest absolute Gasteiger partial charge is 0.383 e. The van der Waals surface area contributed by atoms with Crippen LogP contribution in [0.4, 0.5) is 5.82 Å². The number of aromatic nitrogens is 5. The molecule has 8 heteroatoms. The summed E-state index contributed by atoms with van der Waals surface area (Å²) in [6.07, 6.45) is 6.37. The van der Waals surface area contributed by atoms with Crippen molar-refractivity contribution in [1.82, 2.24) is 30.0 Å². The first-order chi connectivity index (χ1) is 11.1. The lowest BCUT2D eigenvalue weighted by molar-refractivity contribution is 0.0950. The van der Waals surface area contributed by atoms with E-state index in [9.17, 15) is 4.79 Å². The molecule has 116 valence electrons. The maximum Gasteiger partial charge on any atom is 0.256 e. The van der Waals surface area contributed by atoms with E-state index in [0.29, 0.717) is 12.5 Å². The highest BCUT2D eigenvalue weighted by atomic mass is 16.1. The Bertz CT molecular complexity index is 830. The van der Waals surface area contributed by atoms with Crippen molar-refractivity contribution in [3.8, 4) is 5.95 Å². The third-order valence-electron chi connectivity index (χ3n) is 3.29. The Hall–Kier alpha value is -3.29. The number of nitrogens with zero attached hydrogens (tertiary/aromatic N) is 5. The highest BCUT2D eigenvalue weighted by molar-refractivity contribution is 5.97. The van der Waals surface area contributed by atoms with Gasteiger partial charge in [0.05, 0.1) is 17.8 Å². The molecule has 3 aromatic heterocycles. The second kappa shape index (κ2) is 6.22. The molecule has 0 aliphatic heterocycles. The van der Waals surface area contributed by atoms with E-state index in [1.54, 1.807) is 24.7 Å². The van der Waals surface area contributed by atoms with E-state index in [1.165, 1.54) is 10.9 Å². The Morgan fingerprint density at radius 2 is 2.17 bits per heavy atom. The number of rotatable bonds is 4. The summed E-state index contributed by atoms with van der Waals surface area (Å²) in [7, 11) is 0. The van der Waals surface area contributed by atoms with E-state index >= 15 is 0 Å². The van der Waals surface area contributed by atoms with E-state index in [0.717, 1.165) is 11.3 Å². The molecule has 0 aliphatic rings. The fraction of sp³-hybridized carbons (Fsp3) is 0.133. The molecule has 0 aliphatic carbocycles. The number of hydrogen-bond donors (Lipinski definition) is 2. The normalized spacial score (nSPS) is 10.5. The summed E-state index contributed by atoms with van der Waals surface area (Å²) in [5, 5.41) is 6.78. The van der Waals surface area contributed by atoms with Crippen molar-refractivity contribution < 1.29 is 4.79 Å². The van der Waals surface area contributed by atoms with E-state index < -0.39 is 0 Å². The standard InChI is InChI=1S/C15H15N7O/c1-10-4-2-5-17-12(10)9-18-14(23)11-8-19-15(21-13(11)16)22-7-3-6-20-22/h2-8H,9H2,1H3,(H,18,23)(H2,16,19,21). The average Bonchev–Trinajstić information content (AvgIpc) is 3.08. The number of carbonyl (C=O) groups excluding carboxylic acids is 1. The number of anilines is 1. The molecule has 0 bridgehead atoms. The Kier molecular flexibility index (Phi) is 3.96. The summed E-state index contributed by atoms with van der Waals surface area (Å²) >= 11 is 0. The first-order valence-electron chi connectivity index (χ1n) is 6.96. The Balaban J connectivity index is 1.74. The van der Waals surface area contributed by atoms with Gasteiger partial charge in [-0.3, -0.25) is 9.78 Å². The predicted octanol–water partition coefficient (Wildman–Crippen LogP) is 0.878. The van der Waals surface area contributed by atoms with E-state index in [4.69, 9.17) is 5.73 Å². The summed E-state index contributed by atoms with van der Waals surface area (Å²) < 4.78 is 1.47. The van der Waals surface area contributed by atoms with Gasteiger partial charge in [-0.2, -0.15) is 10.1 Å². The lowest BCUT2D eigenvalue weighted by atomic mass is 10.2. The van der Waals surface area contributed by atoms with Crippen LogP contribution in [0.1, 0.15) is 21.6 Å². The molecule has 23 heavy (non-hydrogen) atoms. The van der Waals surface area contributed by atoms with Crippen LogP contribution in [0.2, 0.25) is 0 Å². The van der Waals surface area contributed by atoms with Crippen LogP contribution >= 0.6 is 0 Å². The molecule has 3 N–H and O–H groups in total. The van der Waals surface area contributed by atoms with Gasteiger partial charge in [0, 0.05) is 24.8 Å². The maximum absolute atomic E-state index is 12.2. The Morgan fingerprint density at radius 1 is 1.30 bits per heavy atom. The number of amides is 1. The summed E-state index contributed by atoms with van der Waals surface area (Å²) in [4.78, 5) is 24.7. The van der Waals surface area contributed by atoms with Crippen LogP contribution in [0.3, 0.4) is 0 Å². The zero-order valence-electron chi connectivity index (χ0n) is 12.5. The molecule has 3 aromatic rings. The summed E-state index contributed by atoms with van der Waals surface area (Å²) in [5.41, 5.74) is 7.88. The van der Waals surface area contributed by atoms with Crippen molar-refractivity contribution in [2.24, 2.45) is 0 Å². The van der Waals surface area contributed by atoms with Gasteiger partial charge < -0.3 is 11.1 Å². The number of nitrogens with one attached hydrogen (secondary N) is 1. The molecule has 0 saturated carbocycles. The van der Waals surface area contributed by atoms with E-state index in [2.05, 4.69) is 25.4 Å². The van der Waals surface area contributed by atoms with Crippen LogP contribution in [0.15, 0.2) is 43.0 Å². The predicted molar refractivity (Wildman–Crippen MR) is 83.7 cm³/mol. The van der Waals surface area contributed by atoms with Crippen LogP contribution in [0.25, 0.3) is 5.95 Å². The van der Waals surface area contributed by atoms with Gasteiger partial charge >= 0.3 is 0 Å². The molecule has 0 fully saturated rings. The van der Waals surface area contributed by atoms with Crippen molar-refractivity contribution in [1.29, 1.82) is 0 Å². The minimum Gasteiger partial charge on any atom is -0.383 e. The first-order valence-corrected chi connectivity index (χ1v) is 6.96. The highest BCUT2D eigenvalue weighted by Gasteiger charge is 2.13. The molecule has 0 unspecified atom stereocenters. The smallest absolute Gasteiger partial charge is 0.256 e. The van der Waals surface area contributed by atoms with Gasteiger partial charge in [-0.05, 0) is 24.6 Å². The number of aryl methyl sites for hydroxylation is 1. The van der Waals surface area contributed by atoms with Gasteiger partial charge in [0.25, 0.3) is 11.9 Å². The zero-order valence-corrected chi connectivity index (χ0v) is 12.5. The third-order valence-corrected chi connectivity index (χ3v) is 3.29. The first kappa shape index (κ1) is 14.6. The van der Waals surface area contributed by atoms with Crippen molar-refractivity contribution >= 4 is 11.7 Å². The average molecular weight is 309 g/mol. The Labute approximate surface area is 132 Å². The number of pyridine rings is 1. The van der Waals surface area contributed by atoms with E-state index in [-0.39, 0.29) is 17.3 Å². The second-order valence-electron chi connectivity index (χ2n) is 4.87. The molecule has 8 nitrogen and oxygen atoms in total. The van der Waals surface area contributed by atoms with Gasteiger partial charge in [-0.25, -0.2) is 9.67 Å². The lowest BCUT2D eigenvalue weighted by Gasteiger charge is -2.09. The van der Waals surface area contributed by atoms with Gasteiger partial charge in [0.1, 0.15) is 5.82 Å². The molecule has 0 spiro atoms. The monoisotopic (exact) mass is 309 g/mol. The topological polar surface area (TPSA) is 112 Å². The number of nitrogen functional groups attached to an aromatic ring is 1. The van der Waals surface area contributed by atoms with Crippen LogP contribution in [-0.2, 0) is 6.54 Å². The lowest BCUT2D eigenvalue weighted by Crippen LogP contribution is -2.25. The van der Waals surface area contributed by atoms with Crippen LogP contribution in [0.5, 0.6) is 0 Å². The van der Waals surface area contributed by atoms with Crippen LogP contribution in [-0.4, -0.2) is 30.6 Å². The number of nitrogens with two attached hydrogens (primary N) is 1. The molecule has 3 rings (SSSR count). The summed E-state index contributed by atoms with van der Waals surface area (Å²) in [6, 6.07) is 5.53. The van der Waals surface area contributed by atoms with Crippen molar-refractivity contribution in [2.75, 3.05) is 5.73 Å². The van der Waals surface area contributed by atoms with Crippen LogP contribution < -0.4 is 11.1 Å². The molecule has 0 atom stereocenters. The van der Waals surface area contributed by atoms with Crippen molar-refractivity contribution in [3.05, 3.63) is 59.8 Å².